The van der Waals surface area contributed by atoms with Crippen molar-refractivity contribution in [3.05, 3.63) is 0 Å². The molecule has 0 radical (unpaired) electrons. The van der Waals surface area contributed by atoms with Gasteiger partial charge in [0.25, 0.3) is 0 Å². The molecule has 0 heterocycles. The highest BCUT2D eigenvalue weighted by Gasteiger charge is 2.18. The van der Waals surface area contributed by atoms with Crippen LogP contribution in [0.4, 0.5) is 0 Å². The Bertz CT molecular complexity index is 229. The lowest BCUT2D eigenvalue weighted by Crippen LogP contribution is -2.36. The predicted octanol–water partition coefficient (Wildman–Crippen LogP) is -0.760. The first-order chi connectivity index (χ1) is 6.58. The molecule has 0 aromatic heterocycles. The first-order valence-electron chi connectivity index (χ1n) is 4.81. The van der Waals surface area contributed by atoms with Gasteiger partial charge in [-0.05, 0) is 13.5 Å². The maximum absolute atomic E-state index is 11.6. The van der Waals surface area contributed by atoms with Gasteiger partial charge in [-0.3, -0.25) is 0 Å². The molecule has 0 bridgehead atoms. The minimum atomic E-state index is -3.15. The Labute approximate surface area is 86.2 Å². The van der Waals surface area contributed by atoms with E-state index in [4.69, 9.17) is 5.11 Å². The van der Waals surface area contributed by atoms with Crippen LogP contribution in [0.15, 0.2) is 0 Å². The van der Waals surface area contributed by atoms with Crippen molar-refractivity contribution < 1.29 is 13.5 Å². The largest absolute Gasteiger partial charge is 0.396 e. The van der Waals surface area contributed by atoms with Gasteiger partial charge in [0.05, 0.1) is 5.75 Å². The molecule has 5 nitrogen and oxygen atoms in total. The second-order valence-electron chi connectivity index (χ2n) is 2.99. The number of aliphatic hydroxyl groups excluding tert-OH is 1. The fourth-order valence-corrected chi connectivity index (χ4v) is 2.62. The minimum Gasteiger partial charge on any atom is -0.396 e. The highest BCUT2D eigenvalue weighted by molar-refractivity contribution is 7.89. The van der Waals surface area contributed by atoms with Crippen LogP contribution in [0.2, 0.25) is 0 Å². The van der Waals surface area contributed by atoms with Crippen LogP contribution in [0.1, 0.15) is 13.3 Å². The summed E-state index contributed by atoms with van der Waals surface area (Å²) in [4.78, 5) is 0. The van der Waals surface area contributed by atoms with Crippen LogP contribution >= 0.6 is 0 Å². The highest BCUT2D eigenvalue weighted by Crippen LogP contribution is 2.01. The lowest BCUT2D eigenvalue weighted by atomic mass is 10.4. The molecule has 14 heavy (non-hydrogen) atoms. The molecular weight excluding hydrogens is 204 g/mol. The summed E-state index contributed by atoms with van der Waals surface area (Å²) < 4.78 is 24.7. The molecule has 0 aliphatic carbocycles. The molecule has 2 N–H and O–H groups in total. The third kappa shape index (κ3) is 4.90. The molecule has 0 amide bonds. The van der Waals surface area contributed by atoms with Crippen LogP contribution in [0, 0.1) is 0 Å². The van der Waals surface area contributed by atoms with Gasteiger partial charge in [0.1, 0.15) is 0 Å². The van der Waals surface area contributed by atoms with Crippen molar-refractivity contribution in [1.82, 2.24) is 9.62 Å². The summed E-state index contributed by atoms with van der Waals surface area (Å²) in [6.45, 7) is 3.15. The zero-order chi connectivity index (χ0) is 11.0. The van der Waals surface area contributed by atoms with E-state index in [2.05, 4.69) is 5.32 Å². The molecule has 0 unspecified atom stereocenters. The molecule has 0 aromatic rings. The number of sulfonamides is 1. The van der Waals surface area contributed by atoms with Gasteiger partial charge < -0.3 is 10.4 Å². The zero-order valence-electron chi connectivity index (χ0n) is 8.86. The van der Waals surface area contributed by atoms with Crippen LogP contribution in [-0.4, -0.2) is 56.9 Å². The average Bonchev–Trinajstić information content (AvgIpc) is 2.16. The molecule has 0 spiro atoms. The van der Waals surface area contributed by atoms with Crippen molar-refractivity contribution in [3.8, 4) is 0 Å². The molecule has 6 heteroatoms. The Morgan fingerprint density at radius 3 is 2.50 bits per heavy atom. The fourth-order valence-electron chi connectivity index (χ4n) is 1.10. The van der Waals surface area contributed by atoms with E-state index in [1.165, 1.54) is 4.31 Å². The van der Waals surface area contributed by atoms with Crippen LogP contribution in [0.3, 0.4) is 0 Å². The van der Waals surface area contributed by atoms with Gasteiger partial charge in [-0.25, -0.2) is 12.7 Å². The Morgan fingerprint density at radius 2 is 2.07 bits per heavy atom. The Kier molecular flexibility index (Phi) is 7.08. The molecular formula is C8H20N2O3S. The standard InChI is InChI=1S/C8H20N2O3S/c1-3-10(6-4-7-11)14(12,13)8-5-9-2/h9,11H,3-8H2,1-2H3. The highest BCUT2D eigenvalue weighted by atomic mass is 32.2. The molecule has 0 aliphatic heterocycles. The monoisotopic (exact) mass is 224 g/mol. The number of hydrogen-bond donors (Lipinski definition) is 2. The van der Waals surface area contributed by atoms with Crippen molar-refractivity contribution in [3.63, 3.8) is 0 Å². The van der Waals surface area contributed by atoms with Gasteiger partial charge >= 0.3 is 0 Å². The number of nitrogens with zero attached hydrogens (tertiary/aromatic N) is 1. The van der Waals surface area contributed by atoms with Crippen molar-refractivity contribution in [2.24, 2.45) is 0 Å². The van der Waals surface area contributed by atoms with Gasteiger partial charge in [0, 0.05) is 26.2 Å². The number of aliphatic hydroxyl groups is 1. The summed E-state index contributed by atoms with van der Waals surface area (Å²) >= 11 is 0. The summed E-state index contributed by atoms with van der Waals surface area (Å²) in [5, 5.41) is 11.4. The SMILES string of the molecule is CCN(CCCO)S(=O)(=O)CCNC. The van der Waals surface area contributed by atoms with Gasteiger partial charge in [0.15, 0.2) is 0 Å². The van der Waals surface area contributed by atoms with Crippen LogP contribution in [0.25, 0.3) is 0 Å². The number of rotatable bonds is 8. The summed E-state index contributed by atoms with van der Waals surface area (Å²) in [7, 11) is -1.43. The first-order valence-corrected chi connectivity index (χ1v) is 6.42. The zero-order valence-corrected chi connectivity index (χ0v) is 9.68. The van der Waals surface area contributed by atoms with E-state index in [0.717, 1.165) is 0 Å². The van der Waals surface area contributed by atoms with Crippen LogP contribution < -0.4 is 5.32 Å². The minimum absolute atomic E-state index is 0.0258. The van der Waals surface area contributed by atoms with E-state index in [-0.39, 0.29) is 12.4 Å². The lowest BCUT2D eigenvalue weighted by Gasteiger charge is -2.19. The summed E-state index contributed by atoms with van der Waals surface area (Å²) in [5.74, 6) is 0.114. The molecule has 0 saturated heterocycles. The van der Waals surface area contributed by atoms with Crippen molar-refractivity contribution in [2.75, 3.05) is 39.0 Å². The van der Waals surface area contributed by atoms with E-state index >= 15 is 0 Å². The van der Waals surface area contributed by atoms with Gasteiger partial charge in [-0.2, -0.15) is 0 Å². The Balaban J connectivity index is 4.19. The number of nitrogens with one attached hydrogen (secondary N) is 1. The molecule has 0 fully saturated rings. The first kappa shape index (κ1) is 13.8. The fraction of sp³-hybridized carbons (Fsp3) is 1.00. The van der Waals surface area contributed by atoms with E-state index in [0.29, 0.717) is 26.1 Å². The van der Waals surface area contributed by atoms with Crippen molar-refractivity contribution in [1.29, 1.82) is 0 Å². The van der Waals surface area contributed by atoms with E-state index in [9.17, 15) is 8.42 Å². The normalized spacial score (nSPS) is 12.3. The Morgan fingerprint density at radius 1 is 1.43 bits per heavy atom. The molecule has 0 rings (SSSR count). The third-order valence-electron chi connectivity index (χ3n) is 1.92. The Hall–Kier alpha value is -0.170. The molecule has 0 aromatic carbocycles. The quantitative estimate of drug-likeness (QED) is 0.568. The third-order valence-corrected chi connectivity index (χ3v) is 3.87. The van der Waals surface area contributed by atoms with Crippen molar-refractivity contribution in [2.45, 2.75) is 13.3 Å². The van der Waals surface area contributed by atoms with Gasteiger partial charge in [-0.15, -0.1) is 0 Å². The van der Waals surface area contributed by atoms with E-state index in [1.54, 1.807) is 14.0 Å². The molecule has 0 aliphatic rings. The summed E-state index contributed by atoms with van der Waals surface area (Å²) in [5.41, 5.74) is 0. The van der Waals surface area contributed by atoms with Crippen LogP contribution in [0.5, 0.6) is 0 Å². The molecule has 0 atom stereocenters. The predicted molar refractivity (Wildman–Crippen MR) is 56.7 cm³/mol. The van der Waals surface area contributed by atoms with Gasteiger partial charge in [-0.1, -0.05) is 6.92 Å². The second-order valence-corrected chi connectivity index (χ2v) is 5.08. The van der Waals surface area contributed by atoms with Crippen molar-refractivity contribution >= 4 is 10.0 Å². The van der Waals surface area contributed by atoms with E-state index in [1.807, 2.05) is 0 Å². The second kappa shape index (κ2) is 7.17. The number of hydrogen-bond acceptors (Lipinski definition) is 4. The van der Waals surface area contributed by atoms with Crippen LogP contribution in [-0.2, 0) is 10.0 Å². The van der Waals surface area contributed by atoms with Gasteiger partial charge in [0.2, 0.25) is 10.0 Å². The maximum Gasteiger partial charge on any atom is 0.215 e. The molecule has 0 saturated carbocycles. The average molecular weight is 224 g/mol. The van der Waals surface area contributed by atoms with E-state index < -0.39 is 10.0 Å². The maximum atomic E-state index is 11.6. The topological polar surface area (TPSA) is 69.6 Å². The summed E-state index contributed by atoms with van der Waals surface area (Å²) in [6.07, 6.45) is 0.493. The smallest absolute Gasteiger partial charge is 0.215 e. The summed E-state index contributed by atoms with van der Waals surface area (Å²) in [6, 6.07) is 0. The molecule has 86 valence electrons. The lowest BCUT2D eigenvalue weighted by molar-refractivity contribution is 0.271.